The standard InChI is InChI=1S/C42H38N2/c1-5-33-13-21-37(22-14-33)43(41-11-7-9-31(3)29-41)39-25-17-35(18-26-39)36-19-27-40(28-20-36)44(42-12-8-10-32(4)30-42)38-23-15-34(6-2)16-24-38/h5-9,11-30,32H,1-2,10H2,3-4H3. The average molecular weight is 571 g/mol. The molecule has 44 heavy (non-hydrogen) atoms. The van der Waals surface area contributed by atoms with Gasteiger partial charge >= 0.3 is 0 Å². The minimum absolute atomic E-state index is 0.502. The van der Waals surface area contributed by atoms with Crippen molar-refractivity contribution >= 4 is 40.6 Å². The van der Waals surface area contributed by atoms with Crippen LogP contribution in [0.5, 0.6) is 0 Å². The van der Waals surface area contributed by atoms with E-state index >= 15 is 0 Å². The van der Waals surface area contributed by atoms with Crippen LogP contribution in [0.25, 0.3) is 23.3 Å². The largest absolute Gasteiger partial charge is 0.311 e. The van der Waals surface area contributed by atoms with Crippen molar-refractivity contribution in [3.8, 4) is 11.1 Å². The van der Waals surface area contributed by atoms with Crippen molar-refractivity contribution in [2.45, 2.75) is 20.3 Å². The van der Waals surface area contributed by atoms with E-state index < -0.39 is 0 Å². The van der Waals surface area contributed by atoms with Gasteiger partial charge in [-0.3, -0.25) is 0 Å². The number of hydrogen-bond acceptors (Lipinski definition) is 2. The second-order valence-corrected chi connectivity index (χ2v) is 11.4. The maximum Gasteiger partial charge on any atom is 0.0464 e. The summed E-state index contributed by atoms with van der Waals surface area (Å²) in [6.45, 7) is 12.2. The van der Waals surface area contributed by atoms with E-state index in [2.05, 4.69) is 176 Å². The Balaban J connectivity index is 1.31. The molecule has 0 saturated carbocycles. The van der Waals surface area contributed by atoms with Crippen LogP contribution in [-0.4, -0.2) is 0 Å². The van der Waals surface area contributed by atoms with Gasteiger partial charge in [0.25, 0.3) is 0 Å². The summed E-state index contributed by atoms with van der Waals surface area (Å²) in [7, 11) is 0. The predicted molar refractivity (Wildman–Crippen MR) is 191 cm³/mol. The van der Waals surface area contributed by atoms with Gasteiger partial charge in [0.05, 0.1) is 0 Å². The summed E-state index contributed by atoms with van der Waals surface area (Å²) >= 11 is 0. The molecule has 0 aliphatic heterocycles. The first kappa shape index (κ1) is 28.8. The molecular formula is C42H38N2. The molecule has 6 rings (SSSR count). The molecule has 216 valence electrons. The molecule has 0 amide bonds. The molecule has 1 atom stereocenters. The Morgan fingerprint density at radius 1 is 0.591 bits per heavy atom. The monoisotopic (exact) mass is 570 g/mol. The summed E-state index contributed by atoms with van der Waals surface area (Å²) in [5.41, 5.74) is 12.6. The summed E-state index contributed by atoms with van der Waals surface area (Å²) in [5.74, 6) is 0.502. The fourth-order valence-electron chi connectivity index (χ4n) is 5.75. The van der Waals surface area contributed by atoms with E-state index in [1.807, 2.05) is 12.2 Å². The summed E-state index contributed by atoms with van der Waals surface area (Å²) in [5, 5.41) is 0. The Bertz CT molecular complexity index is 1810. The lowest BCUT2D eigenvalue weighted by Crippen LogP contribution is -2.17. The van der Waals surface area contributed by atoms with Crippen molar-refractivity contribution in [2.75, 3.05) is 9.80 Å². The third-order valence-electron chi connectivity index (χ3n) is 8.13. The normalized spacial score (nSPS) is 14.0. The van der Waals surface area contributed by atoms with Crippen LogP contribution >= 0.6 is 0 Å². The van der Waals surface area contributed by atoms with Crippen LogP contribution in [0.3, 0.4) is 0 Å². The van der Waals surface area contributed by atoms with E-state index in [-0.39, 0.29) is 0 Å². The van der Waals surface area contributed by atoms with Crippen molar-refractivity contribution in [3.63, 3.8) is 0 Å². The molecule has 0 N–H and O–H groups in total. The minimum Gasteiger partial charge on any atom is -0.311 e. The van der Waals surface area contributed by atoms with E-state index in [1.165, 1.54) is 22.4 Å². The highest BCUT2D eigenvalue weighted by Crippen LogP contribution is 2.38. The molecule has 1 unspecified atom stereocenters. The first-order valence-corrected chi connectivity index (χ1v) is 15.2. The van der Waals surface area contributed by atoms with Gasteiger partial charge in [-0.2, -0.15) is 0 Å². The molecular weight excluding hydrogens is 532 g/mol. The molecule has 1 aliphatic carbocycles. The van der Waals surface area contributed by atoms with Crippen LogP contribution in [0, 0.1) is 12.8 Å². The second kappa shape index (κ2) is 12.9. The quantitative estimate of drug-likeness (QED) is 0.174. The van der Waals surface area contributed by atoms with E-state index in [0.717, 1.165) is 46.0 Å². The van der Waals surface area contributed by atoms with Crippen molar-refractivity contribution in [2.24, 2.45) is 5.92 Å². The third-order valence-corrected chi connectivity index (χ3v) is 8.13. The van der Waals surface area contributed by atoms with E-state index in [1.54, 1.807) is 0 Å². The summed E-state index contributed by atoms with van der Waals surface area (Å²) < 4.78 is 0. The lowest BCUT2D eigenvalue weighted by molar-refractivity contribution is 0.726. The minimum atomic E-state index is 0.502. The summed E-state index contributed by atoms with van der Waals surface area (Å²) in [6.07, 6.45) is 11.7. The molecule has 1 aliphatic rings. The van der Waals surface area contributed by atoms with Crippen LogP contribution in [0.1, 0.15) is 30.0 Å². The Morgan fingerprint density at radius 3 is 1.52 bits per heavy atom. The van der Waals surface area contributed by atoms with Crippen molar-refractivity contribution in [1.82, 2.24) is 0 Å². The Morgan fingerprint density at radius 2 is 1.07 bits per heavy atom. The van der Waals surface area contributed by atoms with Gasteiger partial charge in [-0.1, -0.05) is 105 Å². The fourth-order valence-corrected chi connectivity index (χ4v) is 5.75. The maximum absolute atomic E-state index is 3.92. The lowest BCUT2D eigenvalue weighted by atomic mass is 9.99. The van der Waals surface area contributed by atoms with Gasteiger partial charge in [0.2, 0.25) is 0 Å². The molecule has 2 heteroatoms. The number of anilines is 5. The highest BCUT2D eigenvalue weighted by atomic mass is 15.1. The molecule has 0 radical (unpaired) electrons. The van der Waals surface area contributed by atoms with Crippen molar-refractivity contribution in [3.05, 3.63) is 175 Å². The zero-order valence-corrected chi connectivity index (χ0v) is 25.5. The molecule has 0 bridgehead atoms. The van der Waals surface area contributed by atoms with Crippen LogP contribution < -0.4 is 9.80 Å². The zero-order valence-electron chi connectivity index (χ0n) is 25.5. The maximum atomic E-state index is 3.92. The number of rotatable bonds is 9. The average Bonchev–Trinajstić information content (AvgIpc) is 3.06. The number of benzene rings is 5. The van der Waals surface area contributed by atoms with E-state index in [9.17, 15) is 0 Å². The predicted octanol–water partition coefficient (Wildman–Crippen LogP) is 12.0. The fraction of sp³-hybridized carbons (Fsp3) is 0.0952. The summed E-state index contributed by atoms with van der Waals surface area (Å²) in [4.78, 5) is 4.64. The first-order chi connectivity index (χ1) is 21.5. The summed E-state index contributed by atoms with van der Waals surface area (Å²) in [6, 6.07) is 43.5. The van der Waals surface area contributed by atoms with Gasteiger partial charge in [0.1, 0.15) is 0 Å². The molecule has 0 fully saturated rings. The van der Waals surface area contributed by atoms with Gasteiger partial charge in [0, 0.05) is 34.1 Å². The van der Waals surface area contributed by atoms with Gasteiger partial charge in [-0.15, -0.1) is 0 Å². The zero-order chi connectivity index (χ0) is 30.5. The molecule has 0 aromatic heterocycles. The highest BCUT2D eigenvalue weighted by molar-refractivity contribution is 5.80. The van der Waals surface area contributed by atoms with E-state index in [0.29, 0.717) is 5.92 Å². The van der Waals surface area contributed by atoms with Crippen LogP contribution in [-0.2, 0) is 0 Å². The Hall–Kier alpha value is -5.34. The first-order valence-electron chi connectivity index (χ1n) is 15.2. The molecule has 0 saturated heterocycles. The number of allylic oxidation sites excluding steroid dienone is 3. The number of hydrogen-bond donors (Lipinski definition) is 0. The highest BCUT2D eigenvalue weighted by Gasteiger charge is 2.17. The Labute approximate surface area is 262 Å². The van der Waals surface area contributed by atoms with Gasteiger partial charge < -0.3 is 9.80 Å². The lowest BCUT2D eigenvalue weighted by Gasteiger charge is -2.29. The van der Waals surface area contributed by atoms with Crippen LogP contribution in [0.4, 0.5) is 28.4 Å². The SMILES string of the molecule is C=Cc1ccc(N(C2=CC(C)CC=C2)c2ccc(-c3ccc(N(c4ccc(C=C)cc4)c4cccc(C)c4)cc3)cc2)cc1. The topological polar surface area (TPSA) is 6.48 Å². The van der Waals surface area contributed by atoms with Crippen LogP contribution in [0.15, 0.2) is 158 Å². The third kappa shape index (κ3) is 6.21. The Kier molecular flexibility index (Phi) is 8.43. The molecule has 0 heterocycles. The van der Waals surface area contributed by atoms with E-state index in [4.69, 9.17) is 0 Å². The van der Waals surface area contributed by atoms with Crippen molar-refractivity contribution < 1.29 is 0 Å². The molecule has 5 aromatic rings. The molecule has 0 spiro atoms. The molecule has 5 aromatic carbocycles. The van der Waals surface area contributed by atoms with Gasteiger partial charge in [0.15, 0.2) is 0 Å². The van der Waals surface area contributed by atoms with Gasteiger partial charge in [-0.05, 0) is 114 Å². The molecule has 2 nitrogen and oxygen atoms in total. The number of aryl methyl sites for hydroxylation is 1. The second-order valence-electron chi connectivity index (χ2n) is 11.4. The number of nitrogens with zero attached hydrogens (tertiary/aromatic N) is 2. The van der Waals surface area contributed by atoms with Crippen molar-refractivity contribution in [1.29, 1.82) is 0 Å². The van der Waals surface area contributed by atoms with Gasteiger partial charge in [-0.25, -0.2) is 0 Å². The smallest absolute Gasteiger partial charge is 0.0464 e. The van der Waals surface area contributed by atoms with Crippen LogP contribution in [0.2, 0.25) is 0 Å².